The Morgan fingerprint density at radius 3 is 2.16 bits per heavy atom. The molecule has 4 nitrogen and oxygen atoms in total. The Balaban J connectivity index is 1.52. The van der Waals surface area contributed by atoms with Gasteiger partial charge in [-0.05, 0) is 63.1 Å². The average molecular weight is 338 g/mol. The number of anilines is 1. The van der Waals surface area contributed by atoms with Gasteiger partial charge in [-0.3, -0.25) is 4.79 Å². The van der Waals surface area contributed by atoms with Gasteiger partial charge in [0.05, 0.1) is 0 Å². The second-order valence-electron chi connectivity index (χ2n) is 6.80. The second kappa shape index (κ2) is 8.06. The molecule has 132 valence electrons. The lowest BCUT2D eigenvalue weighted by Crippen LogP contribution is -2.42. The fourth-order valence-electron chi connectivity index (χ4n) is 3.07. The Hall–Kier alpha value is -2.49. The van der Waals surface area contributed by atoms with Crippen LogP contribution in [0.3, 0.4) is 0 Å². The van der Waals surface area contributed by atoms with Gasteiger partial charge < -0.3 is 15.4 Å². The fraction of sp³-hybridized carbons (Fsp3) is 0.381. The predicted octanol–water partition coefficient (Wildman–Crippen LogP) is 4.65. The third-order valence-electron chi connectivity index (χ3n) is 4.59. The first-order chi connectivity index (χ1) is 12.1. The van der Waals surface area contributed by atoms with Crippen LogP contribution < -0.4 is 15.4 Å². The van der Waals surface area contributed by atoms with Crippen LogP contribution in [0.5, 0.6) is 11.5 Å². The summed E-state index contributed by atoms with van der Waals surface area (Å²) in [6.45, 7) is 3.94. The maximum absolute atomic E-state index is 12.2. The molecule has 1 saturated carbocycles. The predicted molar refractivity (Wildman–Crippen MR) is 101 cm³/mol. The molecule has 2 N–H and O–H groups in total. The number of hydrogen-bond acceptors (Lipinski definition) is 3. The molecule has 0 radical (unpaired) electrons. The van der Waals surface area contributed by atoms with Crippen molar-refractivity contribution in [3.05, 3.63) is 54.1 Å². The minimum atomic E-state index is -0.260. The molecule has 1 amide bonds. The van der Waals surface area contributed by atoms with Crippen molar-refractivity contribution >= 4 is 11.6 Å². The summed E-state index contributed by atoms with van der Waals surface area (Å²) in [4.78, 5) is 12.2. The highest BCUT2D eigenvalue weighted by Gasteiger charge is 2.20. The zero-order valence-corrected chi connectivity index (χ0v) is 14.9. The molecule has 1 aliphatic rings. The van der Waals surface area contributed by atoms with Crippen molar-refractivity contribution in [2.75, 3.05) is 5.32 Å². The van der Waals surface area contributed by atoms with Crippen LogP contribution in [0.2, 0.25) is 0 Å². The number of hydrogen-bond donors (Lipinski definition) is 2. The topological polar surface area (TPSA) is 50.4 Å². The van der Waals surface area contributed by atoms with Gasteiger partial charge in [-0.25, -0.2) is 0 Å². The van der Waals surface area contributed by atoms with Crippen LogP contribution in [-0.2, 0) is 4.79 Å². The third kappa shape index (κ3) is 4.99. The van der Waals surface area contributed by atoms with E-state index in [0.29, 0.717) is 6.04 Å². The number of nitrogens with one attached hydrogen (secondary N) is 2. The van der Waals surface area contributed by atoms with Crippen molar-refractivity contribution < 1.29 is 9.53 Å². The third-order valence-corrected chi connectivity index (χ3v) is 4.59. The number of rotatable bonds is 6. The zero-order chi connectivity index (χ0) is 17.6. The lowest BCUT2D eigenvalue weighted by Gasteiger charge is -2.18. The standard InChI is InChI=1S/C21H26N2O2/c1-15-7-11-19(12-8-15)25-20-13-9-18(10-14-20)22-16(2)21(24)23-17-5-3-4-6-17/h7-14,16-17,22H,3-6H2,1-2H3,(H,23,24)/t16-/m0/s1. The van der Waals surface area contributed by atoms with Crippen LogP contribution >= 0.6 is 0 Å². The van der Waals surface area contributed by atoms with Gasteiger partial charge in [-0.2, -0.15) is 0 Å². The van der Waals surface area contributed by atoms with Gasteiger partial charge in [0.2, 0.25) is 5.91 Å². The van der Waals surface area contributed by atoms with Crippen LogP contribution in [0.1, 0.15) is 38.2 Å². The number of benzene rings is 2. The van der Waals surface area contributed by atoms with Gasteiger partial charge in [0.1, 0.15) is 17.5 Å². The van der Waals surface area contributed by atoms with Crippen molar-refractivity contribution in [1.82, 2.24) is 5.32 Å². The minimum absolute atomic E-state index is 0.0619. The summed E-state index contributed by atoms with van der Waals surface area (Å²) in [5, 5.41) is 6.37. The van der Waals surface area contributed by atoms with Crippen molar-refractivity contribution in [2.45, 2.75) is 51.6 Å². The lowest BCUT2D eigenvalue weighted by molar-refractivity contribution is -0.122. The SMILES string of the molecule is Cc1ccc(Oc2ccc(N[C@@H](C)C(=O)NC3CCCC3)cc2)cc1. The molecule has 0 aromatic heterocycles. The summed E-state index contributed by atoms with van der Waals surface area (Å²) in [6, 6.07) is 15.7. The van der Waals surface area contributed by atoms with E-state index in [9.17, 15) is 4.79 Å². The number of carbonyl (C=O) groups is 1. The van der Waals surface area contributed by atoms with Crippen molar-refractivity contribution in [3.63, 3.8) is 0 Å². The van der Waals surface area contributed by atoms with E-state index < -0.39 is 0 Å². The Bertz CT molecular complexity index is 689. The summed E-state index contributed by atoms with van der Waals surface area (Å²) in [5.74, 6) is 1.65. The summed E-state index contributed by atoms with van der Waals surface area (Å²) in [5.41, 5.74) is 2.11. The molecule has 4 heteroatoms. The average Bonchev–Trinajstić information content (AvgIpc) is 3.11. The Morgan fingerprint density at radius 1 is 1.00 bits per heavy atom. The van der Waals surface area contributed by atoms with E-state index >= 15 is 0 Å². The molecule has 0 bridgehead atoms. The highest BCUT2D eigenvalue weighted by atomic mass is 16.5. The summed E-state index contributed by atoms with van der Waals surface area (Å²) >= 11 is 0. The molecule has 0 spiro atoms. The number of ether oxygens (including phenoxy) is 1. The molecule has 2 aromatic carbocycles. The van der Waals surface area contributed by atoms with Crippen LogP contribution in [-0.4, -0.2) is 18.0 Å². The molecule has 0 heterocycles. The van der Waals surface area contributed by atoms with Gasteiger partial charge in [0.15, 0.2) is 0 Å². The molecule has 3 rings (SSSR count). The van der Waals surface area contributed by atoms with Crippen LogP contribution in [0.15, 0.2) is 48.5 Å². The van der Waals surface area contributed by atoms with E-state index in [1.54, 1.807) is 0 Å². The molecule has 1 atom stereocenters. The van der Waals surface area contributed by atoms with Gasteiger partial charge in [0, 0.05) is 11.7 Å². The molecule has 0 unspecified atom stereocenters. The van der Waals surface area contributed by atoms with Crippen molar-refractivity contribution in [2.24, 2.45) is 0 Å². The Morgan fingerprint density at radius 2 is 1.56 bits per heavy atom. The van der Waals surface area contributed by atoms with Crippen LogP contribution in [0, 0.1) is 6.92 Å². The quantitative estimate of drug-likeness (QED) is 0.806. The lowest BCUT2D eigenvalue weighted by atomic mass is 10.2. The summed E-state index contributed by atoms with van der Waals surface area (Å²) in [7, 11) is 0. The first-order valence-corrected chi connectivity index (χ1v) is 9.01. The molecule has 0 aliphatic heterocycles. The molecular weight excluding hydrogens is 312 g/mol. The van der Waals surface area contributed by atoms with E-state index in [-0.39, 0.29) is 11.9 Å². The molecule has 2 aromatic rings. The van der Waals surface area contributed by atoms with Gasteiger partial charge in [-0.15, -0.1) is 0 Å². The van der Waals surface area contributed by atoms with E-state index in [0.717, 1.165) is 30.0 Å². The smallest absolute Gasteiger partial charge is 0.242 e. The van der Waals surface area contributed by atoms with E-state index in [2.05, 4.69) is 10.6 Å². The highest BCUT2D eigenvalue weighted by molar-refractivity contribution is 5.84. The first kappa shape index (κ1) is 17.3. The normalized spacial score (nSPS) is 15.6. The van der Waals surface area contributed by atoms with Gasteiger partial charge in [-0.1, -0.05) is 30.5 Å². The second-order valence-corrected chi connectivity index (χ2v) is 6.80. The summed E-state index contributed by atoms with van der Waals surface area (Å²) in [6.07, 6.45) is 4.64. The van der Waals surface area contributed by atoms with Gasteiger partial charge in [0.25, 0.3) is 0 Å². The van der Waals surface area contributed by atoms with E-state index in [4.69, 9.17) is 4.74 Å². The maximum Gasteiger partial charge on any atom is 0.242 e. The van der Waals surface area contributed by atoms with Gasteiger partial charge >= 0.3 is 0 Å². The maximum atomic E-state index is 12.2. The Labute approximate surface area is 149 Å². The van der Waals surface area contributed by atoms with Crippen LogP contribution in [0.25, 0.3) is 0 Å². The highest BCUT2D eigenvalue weighted by Crippen LogP contribution is 2.23. The zero-order valence-electron chi connectivity index (χ0n) is 14.9. The fourth-order valence-corrected chi connectivity index (χ4v) is 3.07. The molecule has 1 aliphatic carbocycles. The van der Waals surface area contributed by atoms with Crippen LogP contribution in [0.4, 0.5) is 5.69 Å². The Kier molecular flexibility index (Phi) is 5.59. The van der Waals surface area contributed by atoms with Crippen molar-refractivity contribution in [1.29, 1.82) is 0 Å². The van der Waals surface area contributed by atoms with E-state index in [1.807, 2.05) is 62.4 Å². The monoisotopic (exact) mass is 338 g/mol. The van der Waals surface area contributed by atoms with E-state index in [1.165, 1.54) is 18.4 Å². The number of aryl methyl sites for hydroxylation is 1. The summed E-state index contributed by atoms with van der Waals surface area (Å²) < 4.78 is 5.82. The largest absolute Gasteiger partial charge is 0.457 e. The molecule has 0 saturated heterocycles. The first-order valence-electron chi connectivity index (χ1n) is 9.01. The number of carbonyl (C=O) groups excluding carboxylic acids is 1. The number of amides is 1. The molecule has 25 heavy (non-hydrogen) atoms. The minimum Gasteiger partial charge on any atom is -0.457 e. The molecular formula is C21H26N2O2. The molecule has 1 fully saturated rings. The van der Waals surface area contributed by atoms with Crippen molar-refractivity contribution in [3.8, 4) is 11.5 Å².